The molecule has 1 aliphatic rings. The van der Waals surface area contributed by atoms with E-state index in [4.69, 9.17) is 9.47 Å². The molecule has 2 N–H and O–H groups in total. The number of ether oxygens (including phenoxy) is 2. The van der Waals surface area contributed by atoms with Gasteiger partial charge < -0.3 is 20.1 Å². The van der Waals surface area contributed by atoms with Crippen molar-refractivity contribution in [2.45, 2.75) is 33.3 Å². The third kappa shape index (κ3) is 5.16. The van der Waals surface area contributed by atoms with E-state index in [-0.39, 0.29) is 24.3 Å². The smallest absolute Gasteiger partial charge is 0.225 e. The number of hydrogen-bond donors (Lipinski definition) is 2. The number of amides is 2. The number of rotatable bonds is 5. The number of benzene rings is 1. The van der Waals surface area contributed by atoms with Crippen LogP contribution < -0.4 is 20.1 Å². The summed E-state index contributed by atoms with van der Waals surface area (Å²) in [6, 6.07) is 7.45. The molecule has 0 spiro atoms. The van der Waals surface area contributed by atoms with Crippen molar-refractivity contribution in [2.24, 2.45) is 5.41 Å². The molecule has 6 heteroatoms. The maximum absolute atomic E-state index is 11.8. The lowest BCUT2D eigenvalue weighted by Crippen LogP contribution is -2.42. The molecule has 126 valence electrons. The van der Waals surface area contributed by atoms with Crippen LogP contribution in [-0.2, 0) is 9.59 Å². The van der Waals surface area contributed by atoms with Crippen molar-refractivity contribution in [1.29, 1.82) is 0 Å². The van der Waals surface area contributed by atoms with Crippen LogP contribution >= 0.6 is 0 Å². The minimum atomic E-state index is -0.447. The molecule has 1 unspecified atom stereocenters. The number of carbonyl (C=O) groups excluding carboxylic acids is 2. The van der Waals surface area contributed by atoms with Crippen LogP contribution in [0.4, 0.5) is 0 Å². The highest BCUT2D eigenvalue weighted by Gasteiger charge is 2.22. The van der Waals surface area contributed by atoms with Crippen LogP contribution in [-0.4, -0.2) is 37.6 Å². The standard InChI is InChI=1S/C17H24N2O4/c1-17(2,3)16(21)18-9-8-15(20)19-10-12-11-22-13-6-4-5-7-14(13)23-12/h4-7,12H,8-11H2,1-3H3,(H,18,21)(H,19,20). The molecule has 0 bridgehead atoms. The monoisotopic (exact) mass is 320 g/mol. The lowest BCUT2D eigenvalue weighted by atomic mass is 9.96. The van der Waals surface area contributed by atoms with Gasteiger partial charge in [-0.25, -0.2) is 0 Å². The maximum Gasteiger partial charge on any atom is 0.225 e. The van der Waals surface area contributed by atoms with Crippen LogP contribution in [0.2, 0.25) is 0 Å². The summed E-state index contributed by atoms with van der Waals surface area (Å²) in [7, 11) is 0. The Labute approximate surface area is 136 Å². The molecule has 0 saturated heterocycles. The highest BCUT2D eigenvalue weighted by atomic mass is 16.6. The molecule has 6 nitrogen and oxygen atoms in total. The predicted molar refractivity (Wildman–Crippen MR) is 86.4 cm³/mol. The molecule has 1 aromatic rings. The summed E-state index contributed by atoms with van der Waals surface area (Å²) < 4.78 is 11.3. The van der Waals surface area contributed by atoms with E-state index >= 15 is 0 Å². The largest absolute Gasteiger partial charge is 0.486 e. The fourth-order valence-electron chi connectivity index (χ4n) is 2.03. The molecule has 23 heavy (non-hydrogen) atoms. The first-order valence-corrected chi connectivity index (χ1v) is 7.80. The van der Waals surface area contributed by atoms with Gasteiger partial charge in [-0.15, -0.1) is 0 Å². The topological polar surface area (TPSA) is 76.7 Å². The Bertz CT molecular complexity index is 566. The zero-order valence-corrected chi connectivity index (χ0v) is 13.8. The molecule has 2 rings (SSSR count). The number of fused-ring (bicyclic) bond motifs is 1. The van der Waals surface area contributed by atoms with Gasteiger partial charge in [-0.2, -0.15) is 0 Å². The Morgan fingerprint density at radius 3 is 2.57 bits per heavy atom. The van der Waals surface area contributed by atoms with Crippen molar-refractivity contribution in [3.63, 3.8) is 0 Å². The van der Waals surface area contributed by atoms with E-state index in [1.54, 1.807) is 0 Å². The Morgan fingerprint density at radius 2 is 1.87 bits per heavy atom. The predicted octanol–water partition coefficient (Wildman–Crippen LogP) is 1.49. The molecule has 0 radical (unpaired) electrons. The van der Waals surface area contributed by atoms with E-state index in [0.29, 0.717) is 25.4 Å². The molecule has 1 aliphatic heterocycles. The zero-order chi connectivity index (χ0) is 16.9. The Kier molecular flexibility index (Phi) is 5.47. The zero-order valence-electron chi connectivity index (χ0n) is 13.8. The van der Waals surface area contributed by atoms with Crippen molar-refractivity contribution in [2.75, 3.05) is 19.7 Å². The second-order valence-corrected chi connectivity index (χ2v) is 6.56. The summed E-state index contributed by atoms with van der Waals surface area (Å²) in [6.07, 6.45) is 0.0319. The van der Waals surface area contributed by atoms with Gasteiger partial charge in [0, 0.05) is 18.4 Å². The van der Waals surface area contributed by atoms with Gasteiger partial charge in [0.05, 0.1) is 6.54 Å². The fraction of sp³-hybridized carbons (Fsp3) is 0.529. The summed E-state index contributed by atoms with van der Waals surface area (Å²) in [5.74, 6) is 1.22. The molecule has 2 amide bonds. The molecule has 1 atom stereocenters. The van der Waals surface area contributed by atoms with Gasteiger partial charge in [0.15, 0.2) is 11.5 Å². The molecule has 0 aromatic heterocycles. The van der Waals surface area contributed by atoms with Gasteiger partial charge in [0.2, 0.25) is 11.8 Å². The molecule has 1 heterocycles. The molecule has 1 aromatic carbocycles. The normalized spacial score (nSPS) is 16.6. The van der Waals surface area contributed by atoms with Gasteiger partial charge in [0.1, 0.15) is 12.7 Å². The van der Waals surface area contributed by atoms with Crippen LogP contribution in [0.1, 0.15) is 27.2 Å². The molecule has 0 fully saturated rings. The third-order valence-corrected chi connectivity index (χ3v) is 3.41. The number of hydrogen-bond acceptors (Lipinski definition) is 4. The molecular formula is C17H24N2O4. The summed E-state index contributed by atoms with van der Waals surface area (Å²) in [5.41, 5.74) is -0.447. The van der Waals surface area contributed by atoms with Gasteiger partial charge in [-0.05, 0) is 12.1 Å². The second kappa shape index (κ2) is 7.35. The van der Waals surface area contributed by atoms with E-state index in [9.17, 15) is 9.59 Å². The Morgan fingerprint density at radius 1 is 1.17 bits per heavy atom. The van der Waals surface area contributed by atoms with Crippen LogP contribution in [0.5, 0.6) is 11.5 Å². The minimum Gasteiger partial charge on any atom is -0.486 e. The van der Waals surface area contributed by atoms with Crippen molar-refractivity contribution >= 4 is 11.8 Å². The second-order valence-electron chi connectivity index (χ2n) is 6.56. The maximum atomic E-state index is 11.8. The number of nitrogens with one attached hydrogen (secondary N) is 2. The lowest BCUT2D eigenvalue weighted by molar-refractivity contribution is -0.128. The Hall–Kier alpha value is -2.24. The number of para-hydroxylation sites is 2. The van der Waals surface area contributed by atoms with E-state index in [0.717, 1.165) is 5.75 Å². The first-order chi connectivity index (χ1) is 10.9. The summed E-state index contributed by atoms with van der Waals surface area (Å²) in [5, 5.41) is 5.55. The summed E-state index contributed by atoms with van der Waals surface area (Å²) in [6.45, 7) is 6.60. The van der Waals surface area contributed by atoms with Crippen molar-refractivity contribution in [3.05, 3.63) is 24.3 Å². The fourth-order valence-corrected chi connectivity index (χ4v) is 2.03. The average Bonchev–Trinajstić information content (AvgIpc) is 2.51. The Balaban J connectivity index is 1.67. The highest BCUT2D eigenvalue weighted by molar-refractivity contribution is 5.82. The summed E-state index contributed by atoms with van der Waals surface area (Å²) >= 11 is 0. The first-order valence-electron chi connectivity index (χ1n) is 7.80. The highest BCUT2D eigenvalue weighted by Crippen LogP contribution is 2.30. The van der Waals surface area contributed by atoms with Crippen LogP contribution in [0, 0.1) is 5.41 Å². The van der Waals surface area contributed by atoms with Crippen LogP contribution in [0.3, 0.4) is 0 Å². The molecular weight excluding hydrogens is 296 g/mol. The van der Waals surface area contributed by atoms with Gasteiger partial charge >= 0.3 is 0 Å². The SMILES string of the molecule is CC(C)(C)C(=O)NCCC(=O)NCC1COc2ccccc2O1. The lowest BCUT2D eigenvalue weighted by Gasteiger charge is -2.26. The van der Waals surface area contributed by atoms with E-state index in [2.05, 4.69) is 10.6 Å². The van der Waals surface area contributed by atoms with E-state index in [1.807, 2.05) is 45.0 Å². The van der Waals surface area contributed by atoms with Crippen molar-refractivity contribution < 1.29 is 19.1 Å². The number of carbonyl (C=O) groups is 2. The summed E-state index contributed by atoms with van der Waals surface area (Å²) in [4.78, 5) is 23.5. The van der Waals surface area contributed by atoms with Gasteiger partial charge in [-0.3, -0.25) is 9.59 Å². The van der Waals surface area contributed by atoms with Gasteiger partial charge in [0.25, 0.3) is 0 Å². The van der Waals surface area contributed by atoms with Crippen molar-refractivity contribution in [3.8, 4) is 11.5 Å². The molecule has 0 aliphatic carbocycles. The molecule has 0 saturated carbocycles. The van der Waals surface area contributed by atoms with Crippen LogP contribution in [0.25, 0.3) is 0 Å². The van der Waals surface area contributed by atoms with E-state index in [1.165, 1.54) is 0 Å². The quantitative estimate of drug-likeness (QED) is 0.862. The average molecular weight is 320 g/mol. The third-order valence-electron chi connectivity index (χ3n) is 3.41. The first kappa shape index (κ1) is 17.1. The van der Waals surface area contributed by atoms with E-state index < -0.39 is 5.41 Å². The van der Waals surface area contributed by atoms with Crippen molar-refractivity contribution in [1.82, 2.24) is 10.6 Å². The minimum absolute atomic E-state index is 0.0640. The van der Waals surface area contributed by atoms with Crippen LogP contribution in [0.15, 0.2) is 24.3 Å². The van der Waals surface area contributed by atoms with Gasteiger partial charge in [-0.1, -0.05) is 32.9 Å².